The Labute approximate surface area is 136 Å². The summed E-state index contributed by atoms with van der Waals surface area (Å²) in [6.07, 6.45) is 3.39. The van der Waals surface area contributed by atoms with Crippen LogP contribution in [-0.2, 0) is 9.53 Å². The van der Waals surface area contributed by atoms with Gasteiger partial charge in [-0.1, -0.05) is 37.3 Å². The molecular formula is C18H22N2O3. The van der Waals surface area contributed by atoms with Gasteiger partial charge in [0.2, 0.25) is 0 Å². The van der Waals surface area contributed by atoms with Gasteiger partial charge in [0.25, 0.3) is 0 Å². The standard InChI is InChI=1S/C18H22N2O3/c1-5-16(21)18(3,4)23-17(22)15-11-19-12-20(15)13(2)14-9-7-6-8-10-14/h6-13H,5H2,1-4H3. The number of hydrogen-bond acceptors (Lipinski definition) is 4. The monoisotopic (exact) mass is 314 g/mol. The molecule has 5 nitrogen and oxygen atoms in total. The van der Waals surface area contributed by atoms with Crippen molar-refractivity contribution in [2.24, 2.45) is 0 Å². The van der Waals surface area contributed by atoms with Gasteiger partial charge in [-0.3, -0.25) is 4.79 Å². The predicted molar refractivity (Wildman–Crippen MR) is 87.3 cm³/mol. The molecule has 0 N–H and O–H groups in total. The van der Waals surface area contributed by atoms with Gasteiger partial charge in [0.05, 0.1) is 18.6 Å². The van der Waals surface area contributed by atoms with Gasteiger partial charge in [-0.05, 0) is 26.3 Å². The van der Waals surface area contributed by atoms with Crippen LogP contribution in [0.1, 0.15) is 56.2 Å². The molecule has 1 aromatic heterocycles. The Hall–Kier alpha value is -2.43. The first kappa shape index (κ1) is 16.9. The first-order chi connectivity index (χ1) is 10.9. The van der Waals surface area contributed by atoms with Gasteiger partial charge in [0.15, 0.2) is 11.4 Å². The summed E-state index contributed by atoms with van der Waals surface area (Å²) >= 11 is 0. The Morgan fingerprint density at radius 1 is 1.26 bits per heavy atom. The number of rotatable bonds is 6. The van der Waals surface area contributed by atoms with Crippen molar-refractivity contribution in [1.82, 2.24) is 9.55 Å². The van der Waals surface area contributed by atoms with Crippen LogP contribution in [-0.4, -0.2) is 26.9 Å². The second-order valence-electron chi connectivity index (χ2n) is 5.95. The highest BCUT2D eigenvalue weighted by atomic mass is 16.6. The number of carbonyl (C=O) groups excluding carboxylic acids is 2. The first-order valence-corrected chi connectivity index (χ1v) is 7.70. The molecule has 0 saturated carbocycles. The molecule has 0 aliphatic carbocycles. The third kappa shape index (κ3) is 3.67. The summed E-state index contributed by atoms with van der Waals surface area (Å²) in [5.41, 5.74) is 0.249. The second kappa shape index (κ2) is 6.77. The predicted octanol–water partition coefficient (Wildman–Crippen LogP) is 3.41. The molecule has 1 aromatic carbocycles. The lowest BCUT2D eigenvalue weighted by Crippen LogP contribution is -2.37. The quantitative estimate of drug-likeness (QED) is 0.767. The number of ketones is 1. The van der Waals surface area contributed by atoms with E-state index in [9.17, 15) is 9.59 Å². The zero-order valence-electron chi connectivity index (χ0n) is 13.9. The zero-order chi connectivity index (χ0) is 17.0. The first-order valence-electron chi connectivity index (χ1n) is 7.70. The third-order valence-corrected chi connectivity index (χ3v) is 3.91. The van der Waals surface area contributed by atoms with Crippen molar-refractivity contribution < 1.29 is 14.3 Å². The van der Waals surface area contributed by atoms with Crippen molar-refractivity contribution in [3.8, 4) is 0 Å². The summed E-state index contributed by atoms with van der Waals surface area (Å²) in [6, 6.07) is 9.76. The summed E-state index contributed by atoms with van der Waals surface area (Å²) in [5, 5.41) is 0. The van der Waals surface area contributed by atoms with Gasteiger partial charge in [0, 0.05) is 6.42 Å². The molecule has 5 heteroatoms. The van der Waals surface area contributed by atoms with E-state index in [1.54, 1.807) is 31.7 Å². The lowest BCUT2D eigenvalue weighted by atomic mass is 10.0. The van der Waals surface area contributed by atoms with Crippen molar-refractivity contribution in [2.75, 3.05) is 0 Å². The summed E-state index contributed by atoms with van der Waals surface area (Å²) in [5.74, 6) is -0.662. The summed E-state index contributed by atoms with van der Waals surface area (Å²) in [6.45, 7) is 6.95. The maximum Gasteiger partial charge on any atom is 0.357 e. The molecular weight excluding hydrogens is 292 g/mol. The van der Waals surface area contributed by atoms with E-state index in [1.807, 2.05) is 37.3 Å². The molecule has 1 unspecified atom stereocenters. The van der Waals surface area contributed by atoms with Crippen molar-refractivity contribution in [3.63, 3.8) is 0 Å². The summed E-state index contributed by atoms with van der Waals surface area (Å²) in [4.78, 5) is 28.4. The fraction of sp³-hybridized carbons (Fsp3) is 0.389. The molecule has 23 heavy (non-hydrogen) atoms. The Morgan fingerprint density at radius 3 is 2.52 bits per heavy atom. The second-order valence-corrected chi connectivity index (χ2v) is 5.95. The topological polar surface area (TPSA) is 61.2 Å². The highest BCUT2D eigenvalue weighted by Gasteiger charge is 2.32. The zero-order valence-corrected chi connectivity index (χ0v) is 13.9. The van der Waals surface area contributed by atoms with E-state index in [4.69, 9.17) is 4.74 Å². The fourth-order valence-electron chi connectivity index (χ4n) is 2.43. The molecule has 1 atom stereocenters. The van der Waals surface area contributed by atoms with Gasteiger partial charge < -0.3 is 9.30 Å². The van der Waals surface area contributed by atoms with Crippen LogP contribution in [0.2, 0.25) is 0 Å². The number of imidazole rings is 1. The highest BCUT2D eigenvalue weighted by Crippen LogP contribution is 2.22. The van der Waals surface area contributed by atoms with Crippen LogP contribution < -0.4 is 0 Å². The number of aromatic nitrogens is 2. The molecule has 0 fully saturated rings. The van der Waals surface area contributed by atoms with Crippen molar-refractivity contribution in [1.29, 1.82) is 0 Å². The molecule has 0 amide bonds. The fourth-order valence-corrected chi connectivity index (χ4v) is 2.43. The number of carbonyl (C=O) groups is 2. The van der Waals surface area contributed by atoms with Gasteiger partial charge in [-0.15, -0.1) is 0 Å². The molecule has 0 aliphatic rings. The van der Waals surface area contributed by atoms with Gasteiger partial charge >= 0.3 is 5.97 Å². The summed E-state index contributed by atoms with van der Waals surface area (Å²) < 4.78 is 7.17. The van der Waals surface area contributed by atoms with E-state index < -0.39 is 11.6 Å². The molecule has 2 aromatic rings. The minimum absolute atomic E-state index is 0.0637. The number of Topliss-reactive ketones (excluding diaryl/α,β-unsaturated/α-hetero) is 1. The summed E-state index contributed by atoms with van der Waals surface area (Å²) in [7, 11) is 0. The maximum absolute atomic E-state index is 12.5. The molecule has 2 rings (SSSR count). The minimum Gasteiger partial charge on any atom is -0.447 e. The normalized spacial score (nSPS) is 12.7. The van der Waals surface area contributed by atoms with Gasteiger partial charge in [-0.2, -0.15) is 0 Å². The van der Waals surface area contributed by atoms with Crippen LogP contribution in [0.3, 0.4) is 0 Å². The van der Waals surface area contributed by atoms with Crippen molar-refractivity contribution in [2.45, 2.75) is 45.8 Å². The van der Waals surface area contributed by atoms with E-state index in [1.165, 1.54) is 6.20 Å². The lowest BCUT2D eigenvalue weighted by Gasteiger charge is -2.24. The Bertz CT molecular complexity index is 689. The molecule has 0 spiro atoms. The van der Waals surface area contributed by atoms with Crippen LogP contribution in [0.4, 0.5) is 0 Å². The average molecular weight is 314 g/mol. The van der Waals surface area contributed by atoms with Crippen molar-refractivity contribution >= 4 is 11.8 Å². The average Bonchev–Trinajstić information content (AvgIpc) is 3.03. The van der Waals surface area contributed by atoms with E-state index in [-0.39, 0.29) is 11.8 Å². The highest BCUT2D eigenvalue weighted by molar-refractivity contribution is 5.93. The van der Waals surface area contributed by atoms with E-state index in [0.29, 0.717) is 12.1 Å². The van der Waals surface area contributed by atoms with Gasteiger partial charge in [-0.25, -0.2) is 9.78 Å². The molecule has 0 radical (unpaired) electrons. The lowest BCUT2D eigenvalue weighted by molar-refractivity contribution is -0.134. The molecule has 0 aliphatic heterocycles. The Morgan fingerprint density at radius 2 is 1.91 bits per heavy atom. The van der Waals surface area contributed by atoms with Crippen LogP contribution in [0.5, 0.6) is 0 Å². The minimum atomic E-state index is -1.14. The largest absolute Gasteiger partial charge is 0.447 e. The Balaban J connectivity index is 2.24. The molecule has 122 valence electrons. The van der Waals surface area contributed by atoms with Gasteiger partial charge in [0.1, 0.15) is 5.69 Å². The van der Waals surface area contributed by atoms with Crippen LogP contribution in [0.25, 0.3) is 0 Å². The Kier molecular flexibility index (Phi) is 4.98. The number of ether oxygens (including phenoxy) is 1. The van der Waals surface area contributed by atoms with Crippen LogP contribution in [0, 0.1) is 0 Å². The SMILES string of the molecule is CCC(=O)C(C)(C)OC(=O)c1cncn1C(C)c1ccccc1. The number of esters is 1. The third-order valence-electron chi connectivity index (χ3n) is 3.91. The molecule has 1 heterocycles. The van der Waals surface area contributed by atoms with Crippen molar-refractivity contribution in [3.05, 3.63) is 54.1 Å². The number of hydrogen-bond donors (Lipinski definition) is 0. The maximum atomic E-state index is 12.5. The smallest absolute Gasteiger partial charge is 0.357 e. The van der Waals surface area contributed by atoms with E-state index in [2.05, 4.69) is 4.98 Å². The van der Waals surface area contributed by atoms with E-state index >= 15 is 0 Å². The number of benzene rings is 1. The van der Waals surface area contributed by atoms with Crippen LogP contribution in [0.15, 0.2) is 42.9 Å². The van der Waals surface area contributed by atoms with E-state index in [0.717, 1.165) is 5.56 Å². The van der Waals surface area contributed by atoms with Crippen LogP contribution >= 0.6 is 0 Å². The number of nitrogens with zero attached hydrogens (tertiary/aromatic N) is 2. The molecule has 0 bridgehead atoms. The molecule has 0 saturated heterocycles.